The molecule has 120 valence electrons. The molecule has 0 radical (unpaired) electrons. The Morgan fingerprint density at radius 3 is 2.24 bits per heavy atom. The lowest BCUT2D eigenvalue weighted by molar-refractivity contribution is -0.133. The predicted molar refractivity (Wildman–Crippen MR) is 80.5 cm³/mol. The first-order valence-electron chi connectivity index (χ1n) is 7.58. The lowest BCUT2D eigenvalue weighted by Gasteiger charge is -2.21. The van der Waals surface area contributed by atoms with Crippen LogP contribution < -0.4 is 10.6 Å². The van der Waals surface area contributed by atoms with E-state index in [1.807, 2.05) is 4.90 Å². The molecule has 0 saturated carbocycles. The summed E-state index contributed by atoms with van der Waals surface area (Å²) < 4.78 is 0. The minimum absolute atomic E-state index is 0.0826. The van der Waals surface area contributed by atoms with E-state index in [9.17, 15) is 14.4 Å². The van der Waals surface area contributed by atoms with E-state index >= 15 is 0 Å². The fraction of sp³-hybridized carbons (Fsp3) is 0.800. The lowest BCUT2D eigenvalue weighted by Crippen LogP contribution is -2.48. The quantitative estimate of drug-likeness (QED) is 0.782. The Hall–Kier alpha value is -1.59. The summed E-state index contributed by atoms with van der Waals surface area (Å²) >= 11 is 0. The Balaban J connectivity index is 2.26. The molecule has 1 aliphatic rings. The summed E-state index contributed by atoms with van der Waals surface area (Å²) in [4.78, 5) is 37.3. The van der Waals surface area contributed by atoms with E-state index in [0.29, 0.717) is 13.0 Å². The summed E-state index contributed by atoms with van der Waals surface area (Å²) in [5.74, 6) is -0.348. The first kappa shape index (κ1) is 17.5. The Morgan fingerprint density at radius 2 is 1.71 bits per heavy atom. The van der Waals surface area contributed by atoms with Gasteiger partial charge in [-0.15, -0.1) is 0 Å². The van der Waals surface area contributed by atoms with E-state index in [-0.39, 0.29) is 17.7 Å². The molecule has 6 nitrogen and oxygen atoms in total. The Bertz CT molecular complexity index is 395. The van der Waals surface area contributed by atoms with Crippen LogP contribution in [0, 0.1) is 5.41 Å². The third-order valence-electron chi connectivity index (χ3n) is 3.52. The maximum Gasteiger partial charge on any atom is 0.242 e. The van der Waals surface area contributed by atoms with Crippen LogP contribution >= 0.6 is 0 Å². The molecule has 2 N–H and O–H groups in total. The van der Waals surface area contributed by atoms with Crippen molar-refractivity contribution >= 4 is 17.7 Å². The Morgan fingerprint density at radius 1 is 1.14 bits per heavy atom. The largest absolute Gasteiger partial charge is 0.354 e. The van der Waals surface area contributed by atoms with E-state index in [1.54, 1.807) is 27.7 Å². The first-order valence-corrected chi connectivity index (χ1v) is 7.58. The topological polar surface area (TPSA) is 78.5 Å². The third kappa shape index (κ3) is 5.73. The minimum atomic E-state index is -0.599. The van der Waals surface area contributed by atoms with E-state index < -0.39 is 11.5 Å². The molecule has 1 saturated heterocycles. The zero-order valence-electron chi connectivity index (χ0n) is 13.5. The van der Waals surface area contributed by atoms with Crippen molar-refractivity contribution in [3.05, 3.63) is 0 Å². The van der Waals surface area contributed by atoms with Crippen LogP contribution in [-0.4, -0.2) is 48.3 Å². The summed E-state index contributed by atoms with van der Waals surface area (Å²) in [5.41, 5.74) is -0.528. The molecule has 1 unspecified atom stereocenters. The van der Waals surface area contributed by atoms with Gasteiger partial charge in [0.25, 0.3) is 0 Å². The number of carbonyl (C=O) groups excluding carboxylic acids is 3. The molecule has 21 heavy (non-hydrogen) atoms. The number of likely N-dealkylation sites (tertiary alicyclic amines) is 1. The molecule has 0 aromatic heterocycles. The zero-order valence-corrected chi connectivity index (χ0v) is 13.5. The van der Waals surface area contributed by atoms with Crippen LogP contribution in [0.2, 0.25) is 0 Å². The second kappa shape index (κ2) is 7.43. The average molecular weight is 297 g/mol. The van der Waals surface area contributed by atoms with Gasteiger partial charge < -0.3 is 15.5 Å². The SMILES string of the molecule is CC(NC(=O)C(C)(C)C)C(=O)NCCC(=O)N1CCCC1. The maximum atomic E-state index is 11.9. The van der Waals surface area contributed by atoms with Crippen molar-refractivity contribution in [2.24, 2.45) is 5.41 Å². The van der Waals surface area contributed by atoms with Crippen LogP contribution in [0.5, 0.6) is 0 Å². The van der Waals surface area contributed by atoms with Gasteiger partial charge in [0, 0.05) is 31.5 Å². The molecule has 0 bridgehead atoms. The van der Waals surface area contributed by atoms with Gasteiger partial charge in [0.1, 0.15) is 6.04 Å². The zero-order chi connectivity index (χ0) is 16.0. The summed E-state index contributed by atoms with van der Waals surface area (Å²) in [5, 5.41) is 5.36. The molecule has 0 aromatic rings. The van der Waals surface area contributed by atoms with Crippen LogP contribution in [0.3, 0.4) is 0 Å². The van der Waals surface area contributed by atoms with E-state index in [2.05, 4.69) is 10.6 Å². The highest BCUT2D eigenvalue weighted by atomic mass is 16.2. The Labute approximate surface area is 126 Å². The number of nitrogens with one attached hydrogen (secondary N) is 2. The van der Waals surface area contributed by atoms with Crippen molar-refractivity contribution in [2.45, 2.75) is 53.0 Å². The fourth-order valence-corrected chi connectivity index (χ4v) is 2.05. The monoisotopic (exact) mass is 297 g/mol. The summed E-state index contributed by atoms with van der Waals surface area (Å²) in [6.07, 6.45) is 2.44. The van der Waals surface area contributed by atoms with Crippen molar-refractivity contribution in [1.82, 2.24) is 15.5 Å². The second-order valence-electron chi connectivity index (χ2n) is 6.57. The van der Waals surface area contributed by atoms with Crippen molar-refractivity contribution in [3.63, 3.8) is 0 Å². The van der Waals surface area contributed by atoms with Gasteiger partial charge in [0.15, 0.2) is 0 Å². The first-order chi connectivity index (χ1) is 9.71. The van der Waals surface area contributed by atoms with Crippen LogP contribution in [0.4, 0.5) is 0 Å². The molecule has 0 aromatic carbocycles. The highest BCUT2D eigenvalue weighted by Crippen LogP contribution is 2.12. The van der Waals surface area contributed by atoms with Crippen molar-refractivity contribution < 1.29 is 14.4 Å². The van der Waals surface area contributed by atoms with Gasteiger partial charge in [-0.3, -0.25) is 14.4 Å². The second-order valence-corrected chi connectivity index (χ2v) is 6.57. The van der Waals surface area contributed by atoms with Crippen molar-refractivity contribution in [2.75, 3.05) is 19.6 Å². The maximum absolute atomic E-state index is 11.9. The third-order valence-corrected chi connectivity index (χ3v) is 3.52. The van der Waals surface area contributed by atoms with Gasteiger partial charge in [-0.1, -0.05) is 20.8 Å². The lowest BCUT2D eigenvalue weighted by atomic mass is 9.95. The number of amides is 3. The molecule has 0 aliphatic carbocycles. The summed E-state index contributed by atoms with van der Waals surface area (Å²) in [6.45, 7) is 8.98. The van der Waals surface area contributed by atoms with Gasteiger partial charge >= 0.3 is 0 Å². The van der Waals surface area contributed by atoms with Crippen molar-refractivity contribution in [1.29, 1.82) is 0 Å². The molecular weight excluding hydrogens is 270 g/mol. The minimum Gasteiger partial charge on any atom is -0.354 e. The van der Waals surface area contributed by atoms with E-state index in [1.165, 1.54) is 0 Å². The summed E-state index contributed by atoms with van der Waals surface area (Å²) in [6, 6.07) is -0.599. The van der Waals surface area contributed by atoms with Gasteiger partial charge in [-0.25, -0.2) is 0 Å². The molecule has 0 spiro atoms. The van der Waals surface area contributed by atoms with Gasteiger partial charge in [-0.05, 0) is 19.8 Å². The number of rotatable bonds is 5. The molecule has 1 fully saturated rings. The van der Waals surface area contributed by atoms with Crippen LogP contribution in [0.15, 0.2) is 0 Å². The molecule has 3 amide bonds. The standard InChI is InChI=1S/C15H27N3O3/c1-11(17-14(21)15(2,3)4)13(20)16-8-7-12(19)18-9-5-6-10-18/h11H,5-10H2,1-4H3,(H,16,20)(H,17,21). The van der Waals surface area contributed by atoms with Crippen LogP contribution in [-0.2, 0) is 14.4 Å². The predicted octanol–water partition coefficient (Wildman–Crippen LogP) is 0.666. The molecule has 6 heteroatoms. The number of carbonyl (C=O) groups is 3. The fourth-order valence-electron chi connectivity index (χ4n) is 2.05. The van der Waals surface area contributed by atoms with E-state index in [0.717, 1.165) is 25.9 Å². The highest BCUT2D eigenvalue weighted by molar-refractivity contribution is 5.89. The van der Waals surface area contributed by atoms with Crippen LogP contribution in [0.25, 0.3) is 0 Å². The number of nitrogens with zero attached hydrogens (tertiary/aromatic N) is 1. The number of hydrogen-bond donors (Lipinski definition) is 2. The van der Waals surface area contributed by atoms with E-state index in [4.69, 9.17) is 0 Å². The number of hydrogen-bond acceptors (Lipinski definition) is 3. The average Bonchev–Trinajstić information content (AvgIpc) is 2.90. The van der Waals surface area contributed by atoms with Crippen LogP contribution in [0.1, 0.15) is 47.0 Å². The summed E-state index contributed by atoms with van der Waals surface area (Å²) in [7, 11) is 0. The van der Waals surface area contributed by atoms with Gasteiger partial charge in [0.05, 0.1) is 0 Å². The normalized spacial score (nSPS) is 16.5. The molecule has 1 rings (SSSR count). The molecule has 1 heterocycles. The smallest absolute Gasteiger partial charge is 0.242 e. The van der Waals surface area contributed by atoms with Gasteiger partial charge in [-0.2, -0.15) is 0 Å². The van der Waals surface area contributed by atoms with Crippen molar-refractivity contribution in [3.8, 4) is 0 Å². The van der Waals surface area contributed by atoms with Gasteiger partial charge in [0.2, 0.25) is 17.7 Å². The molecule has 1 aliphatic heterocycles. The molecule has 1 atom stereocenters. The highest BCUT2D eigenvalue weighted by Gasteiger charge is 2.25. The molecular formula is C15H27N3O3. The Kier molecular flexibility index (Phi) is 6.18.